The lowest BCUT2D eigenvalue weighted by molar-refractivity contribution is 0.0697. The number of carboxylic acids is 1. The lowest BCUT2D eigenvalue weighted by atomic mass is 10.2. The van der Waals surface area contributed by atoms with Crippen LogP contribution in [-0.4, -0.2) is 22.0 Å². The quantitative estimate of drug-likeness (QED) is 0.781. The van der Waals surface area contributed by atoms with Crippen molar-refractivity contribution in [1.29, 1.82) is 0 Å². The normalized spacial score (nSPS) is 10.2. The molecule has 0 spiro atoms. The number of carbonyl (C=O) groups is 2. The summed E-state index contributed by atoms with van der Waals surface area (Å²) in [7, 11) is 0. The fraction of sp³-hybridized carbons (Fsp3) is 0.0909. The molecule has 0 aromatic carbocycles. The lowest BCUT2D eigenvalue weighted by Gasteiger charge is -2.02. The molecule has 3 N–H and O–H groups in total. The van der Waals surface area contributed by atoms with Crippen LogP contribution in [0.15, 0.2) is 23.0 Å². The summed E-state index contributed by atoms with van der Waals surface area (Å²) in [6.45, 7) is 1.64. The zero-order valence-electron chi connectivity index (χ0n) is 8.98. The van der Waals surface area contributed by atoms with Crippen molar-refractivity contribution < 1.29 is 14.7 Å². The monoisotopic (exact) mass is 250 g/mol. The molecule has 0 saturated heterocycles. The molecule has 0 aliphatic carbocycles. The number of H-pyrrole nitrogens is 1. The minimum Gasteiger partial charge on any atom is -0.478 e. The molecule has 88 valence electrons. The minimum absolute atomic E-state index is 0.0913. The van der Waals surface area contributed by atoms with Crippen LogP contribution in [0.2, 0.25) is 0 Å². The minimum atomic E-state index is -1.07. The fourth-order valence-corrected chi connectivity index (χ4v) is 2.13. The Morgan fingerprint density at radius 3 is 2.82 bits per heavy atom. The average Bonchev–Trinajstić information content (AvgIpc) is 2.87. The molecule has 1 amide bonds. The van der Waals surface area contributed by atoms with Crippen LogP contribution in [0.25, 0.3) is 0 Å². The van der Waals surface area contributed by atoms with Crippen LogP contribution in [0.5, 0.6) is 0 Å². The number of hydrogen-bond acceptors (Lipinski definition) is 3. The van der Waals surface area contributed by atoms with E-state index in [-0.39, 0.29) is 17.2 Å². The highest BCUT2D eigenvalue weighted by atomic mass is 32.1. The topological polar surface area (TPSA) is 82.2 Å². The van der Waals surface area contributed by atoms with Gasteiger partial charge in [-0.3, -0.25) is 4.79 Å². The Balaban J connectivity index is 2.25. The first-order valence-corrected chi connectivity index (χ1v) is 5.78. The number of aryl methyl sites for hydroxylation is 1. The van der Waals surface area contributed by atoms with E-state index in [1.807, 2.05) is 0 Å². The van der Waals surface area contributed by atoms with Gasteiger partial charge in [0, 0.05) is 17.3 Å². The molecule has 6 heteroatoms. The van der Waals surface area contributed by atoms with Gasteiger partial charge in [-0.1, -0.05) is 0 Å². The molecule has 5 nitrogen and oxygen atoms in total. The first kappa shape index (κ1) is 11.4. The molecule has 0 aliphatic heterocycles. The van der Waals surface area contributed by atoms with Crippen molar-refractivity contribution in [3.63, 3.8) is 0 Å². The van der Waals surface area contributed by atoms with Gasteiger partial charge in [0.05, 0.1) is 11.3 Å². The molecule has 0 fully saturated rings. The van der Waals surface area contributed by atoms with E-state index in [9.17, 15) is 9.59 Å². The second-order valence-corrected chi connectivity index (χ2v) is 4.25. The maximum Gasteiger partial charge on any atom is 0.339 e. The fourth-order valence-electron chi connectivity index (χ4n) is 1.49. The van der Waals surface area contributed by atoms with E-state index in [1.54, 1.807) is 23.8 Å². The molecular weight excluding hydrogens is 240 g/mol. The van der Waals surface area contributed by atoms with Crippen molar-refractivity contribution in [3.8, 4) is 0 Å². The Bertz CT molecular complexity index is 557. The molecular formula is C11H10N2O3S. The van der Waals surface area contributed by atoms with Crippen LogP contribution in [0, 0.1) is 6.92 Å². The molecule has 17 heavy (non-hydrogen) atoms. The average molecular weight is 250 g/mol. The second kappa shape index (κ2) is 4.42. The Labute approximate surface area is 101 Å². The third kappa shape index (κ3) is 2.21. The molecule has 0 aliphatic rings. The number of anilines is 1. The number of rotatable bonds is 3. The van der Waals surface area contributed by atoms with Crippen molar-refractivity contribution in [1.82, 2.24) is 4.98 Å². The zero-order valence-corrected chi connectivity index (χ0v) is 9.80. The summed E-state index contributed by atoms with van der Waals surface area (Å²) >= 11 is 1.41. The van der Waals surface area contributed by atoms with E-state index >= 15 is 0 Å². The van der Waals surface area contributed by atoms with Crippen LogP contribution >= 0.6 is 11.3 Å². The molecule has 2 heterocycles. The molecule has 0 bridgehead atoms. The van der Waals surface area contributed by atoms with Crippen LogP contribution in [-0.2, 0) is 0 Å². The summed E-state index contributed by atoms with van der Waals surface area (Å²) in [5, 5.41) is 15.1. The summed E-state index contributed by atoms with van der Waals surface area (Å²) in [6.07, 6.45) is 1.48. The number of amides is 1. The molecule has 0 saturated carbocycles. The molecule has 0 atom stereocenters. The maximum atomic E-state index is 11.7. The molecule has 0 radical (unpaired) electrons. The Morgan fingerprint density at radius 1 is 1.47 bits per heavy atom. The van der Waals surface area contributed by atoms with Gasteiger partial charge >= 0.3 is 5.97 Å². The van der Waals surface area contributed by atoms with Crippen LogP contribution in [0.1, 0.15) is 26.4 Å². The SMILES string of the molecule is Cc1[nH]cc(NC(=O)c2ccsc2)c1C(=O)O. The van der Waals surface area contributed by atoms with Gasteiger partial charge in [-0.05, 0) is 18.4 Å². The van der Waals surface area contributed by atoms with Crippen molar-refractivity contribution in [3.05, 3.63) is 39.8 Å². The van der Waals surface area contributed by atoms with Crippen LogP contribution in [0.4, 0.5) is 5.69 Å². The van der Waals surface area contributed by atoms with Gasteiger partial charge in [-0.15, -0.1) is 0 Å². The number of hydrogen-bond donors (Lipinski definition) is 3. The highest BCUT2D eigenvalue weighted by molar-refractivity contribution is 7.08. The number of carboxylic acid groups (broad SMARTS) is 1. The Kier molecular flexibility index (Phi) is 2.97. The van der Waals surface area contributed by atoms with Gasteiger partial charge in [0.1, 0.15) is 5.56 Å². The van der Waals surface area contributed by atoms with Crippen molar-refractivity contribution in [2.24, 2.45) is 0 Å². The van der Waals surface area contributed by atoms with Gasteiger partial charge in [0.15, 0.2) is 0 Å². The third-order valence-corrected chi connectivity index (χ3v) is 3.01. The van der Waals surface area contributed by atoms with E-state index in [4.69, 9.17) is 5.11 Å². The van der Waals surface area contributed by atoms with Crippen LogP contribution < -0.4 is 5.32 Å². The maximum absolute atomic E-state index is 11.7. The predicted octanol–water partition coefficient (Wildman–Crippen LogP) is 2.34. The molecule has 2 rings (SSSR count). The smallest absolute Gasteiger partial charge is 0.339 e. The van der Waals surface area contributed by atoms with Gasteiger partial charge in [-0.2, -0.15) is 11.3 Å². The highest BCUT2D eigenvalue weighted by Crippen LogP contribution is 2.20. The number of thiophene rings is 1. The van der Waals surface area contributed by atoms with E-state index < -0.39 is 5.97 Å². The van der Waals surface area contributed by atoms with E-state index in [0.29, 0.717) is 11.3 Å². The zero-order chi connectivity index (χ0) is 12.4. The van der Waals surface area contributed by atoms with Gasteiger partial charge in [0.25, 0.3) is 5.91 Å². The number of aromatic carboxylic acids is 1. The summed E-state index contributed by atoms with van der Waals surface area (Å²) in [6, 6.07) is 1.68. The summed E-state index contributed by atoms with van der Waals surface area (Å²) in [4.78, 5) is 25.5. The van der Waals surface area contributed by atoms with Crippen molar-refractivity contribution >= 4 is 28.9 Å². The third-order valence-electron chi connectivity index (χ3n) is 2.32. The molecule has 2 aromatic heterocycles. The first-order valence-electron chi connectivity index (χ1n) is 4.84. The van der Waals surface area contributed by atoms with E-state index in [0.717, 1.165) is 0 Å². The summed E-state index contributed by atoms with van der Waals surface area (Å²) < 4.78 is 0. The van der Waals surface area contributed by atoms with Crippen molar-refractivity contribution in [2.45, 2.75) is 6.92 Å². The first-order chi connectivity index (χ1) is 8.09. The molecule has 2 aromatic rings. The largest absolute Gasteiger partial charge is 0.478 e. The summed E-state index contributed by atoms with van der Waals surface area (Å²) in [5.41, 5.74) is 1.41. The van der Waals surface area contributed by atoms with Crippen molar-refractivity contribution in [2.75, 3.05) is 5.32 Å². The van der Waals surface area contributed by atoms with Crippen LogP contribution in [0.3, 0.4) is 0 Å². The Hall–Kier alpha value is -2.08. The standard InChI is InChI=1S/C11H10N2O3S/c1-6-9(11(15)16)8(4-12-6)13-10(14)7-2-3-17-5-7/h2-5,12H,1H3,(H,13,14)(H,15,16). The predicted molar refractivity (Wildman–Crippen MR) is 64.8 cm³/mol. The van der Waals surface area contributed by atoms with E-state index in [1.165, 1.54) is 17.5 Å². The molecule has 0 unspecified atom stereocenters. The van der Waals surface area contributed by atoms with Gasteiger partial charge < -0.3 is 15.4 Å². The Morgan fingerprint density at radius 2 is 2.24 bits per heavy atom. The number of aromatic amines is 1. The number of nitrogens with one attached hydrogen (secondary N) is 2. The highest BCUT2D eigenvalue weighted by Gasteiger charge is 2.17. The lowest BCUT2D eigenvalue weighted by Crippen LogP contribution is -2.13. The second-order valence-electron chi connectivity index (χ2n) is 3.47. The van der Waals surface area contributed by atoms with E-state index in [2.05, 4.69) is 10.3 Å². The van der Waals surface area contributed by atoms with Gasteiger partial charge in [-0.25, -0.2) is 4.79 Å². The summed E-state index contributed by atoms with van der Waals surface area (Å²) in [5.74, 6) is -1.38. The number of carbonyl (C=O) groups excluding carboxylic acids is 1. The number of aromatic nitrogens is 1. The van der Waals surface area contributed by atoms with Gasteiger partial charge in [0.2, 0.25) is 0 Å².